The topological polar surface area (TPSA) is 20.3 Å². The van der Waals surface area contributed by atoms with Crippen LogP contribution in [0, 0.1) is 5.41 Å². The molecular weight excluding hydrogens is 246 g/mol. The first-order valence-corrected chi connectivity index (χ1v) is 8.02. The molecule has 0 bridgehead atoms. The number of rotatable bonds is 5. The quantitative estimate of drug-likeness (QED) is 0.783. The van der Waals surface area contributed by atoms with Crippen molar-refractivity contribution in [2.24, 2.45) is 5.41 Å². The van der Waals surface area contributed by atoms with Gasteiger partial charge in [0.1, 0.15) is 0 Å². The number of hydrogen-bond donors (Lipinski definition) is 0. The fourth-order valence-electron chi connectivity index (χ4n) is 3.37. The fourth-order valence-corrected chi connectivity index (χ4v) is 3.37. The minimum atomic E-state index is 0.207. The Bertz CT molecular complexity index is 451. The molecule has 20 heavy (non-hydrogen) atoms. The predicted molar refractivity (Wildman–Crippen MR) is 84.0 cm³/mol. The predicted octanol–water partition coefficient (Wildman–Crippen LogP) is 4.29. The Morgan fingerprint density at radius 2 is 1.90 bits per heavy atom. The number of hydrogen-bond acceptors (Lipinski definition) is 1. The number of benzene rings is 1. The van der Waals surface area contributed by atoms with Crippen LogP contribution in [-0.2, 0) is 6.42 Å². The van der Waals surface area contributed by atoms with Crippen LogP contribution in [0.25, 0.3) is 0 Å². The highest BCUT2D eigenvalue weighted by atomic mass is 16.2. The van der Waals surface area contributed by atoms with Gasteiger partial charge in [-0.25, -0.2) is 0 Å². The lowest BCUT2D eigenvalue weighted by atomic mass is 9.80. The van der Waals surface area contributed by atoms with Crippen LogP contribution in [0.1, 0.15) is 62.4 Å². The van der Waals surface area contributed by atoms with Crippen molar-refractivity contribution >= 4 is 5.91 Å². The van der Waals surface area contributed by atoms with E-state index in [1.807, 2.05) is 12.1 Å². The second-order valence-corrected chi connectivity index (χ2v) is 6.13. The van der Waals surface area contributed by atoms with Crippen molar-refractivity contribution in [2.45, 2.75) is 52.9 Å². The molecule has 1 amide bonds. The van der Waals surface area contributed by atoms with Crippen molar-refractivity contribution in [1.29, 1.82) is 0 Å². The Labute approximate surface area is 123 Å². The molecule has 1 fully saturated rings. The molecule has 1 unspecified atom stereocenters. The lowest BCUT2D eigenvalue weighted by Crippen LogP contribution is -2.32. The first kappa shape index (κ1) is 15.1. The summed E-state index contributed by atoms with van der Waals surface area (Å²) in [7, 11) is 0. The van der Waals surface area contributed by atoms with E-state index < -0.39 is 0 Å². The minimum Gasteiger partial charge on any atom is -0.338 e. The largest absolute Gasteiger partial charge is 0.338 e. The number of carbonyl (C=O) groups excluding carboxylic acids is 1. The molecule has 1 saturated heterocycles. The van der Waals surface area contributed by atoms with E-state index in [-0.39, 0.29) is 5.91 Å². The van der Waals surface area contributed by atoms with E-state index in [0.717, 1.165) is 31.5 Å². The van der Waals surface area contributed by atoms with Crippen molar-refractivity contribution in [2.75, 3.05) is 13.1 Å². The third kappa shape index (κ3) is 3.05. The molecule has 1 heterocycles. The molecule has 1 aromatic rings. The lowest BCUT2D eigenvalue weighted by molar-refractivity contribution is 0.0768. The standard InChI is InChI=1S/C18H27NO/c1-4-11-18(6-3)12-13-19(14-18)17(20)16-9-7-15(5-2)8-10-16/h7-10H,4-6,11-14H2,1-3H3. The van der Waals surface area contributed by atoms with E-state index in [1.54, 1.807) is 0 Å². The van der Waals surface area contributed by atoms with E-state index in [0.29, 0.717) is 5.41 Å². The lowest BCUT2D eigenvalue weighted by Gasteiger charge is -2.27. The third-order valence-corrected chi connectivity index (χ3v) is 4.86. The van der Waals surface area contributed by atoms with Gasteiger partial charge < -0.3 is 4.90 Å². The Hall–Kier alpha value is -1.31. The summed E-state index contributed by atoms with van der Waals surface area (Å²) in [5, 5.41) is 0. The summed E-state index contributed by atoms with van der Waals surface area (Å²) >= 11 is 0. The van der Waals surface area contributed by atoms with E-state index in [1.165, 1.54) is 24.8 Å². The molecule has 1 aliphatic rings. The monoisotopic (exact) mass is 273 g/mol. The maximum atomic E-state index is 12.6. The van der Waals surface area contributed by atoms with Gasteiger partial charge in [0.2, 0.25) is 0 Å². The van der Waals surface area contributed by atoms with Gasteiger partial charge in [-0.2, -0.15) is 0 Å². The van der Waals surface area contributed by atoms with Gasteiger partial charge in [-0.3, -0.25) is 4.79 Å². The molecule has 110 valence electrons. The van der Waals surface area contributed by atoms with Gasteiger partial charge in [-0.05, 0) is 48.8 Å². The van der Waals surface area contributed by atoms with Crippen LogP contribution in [0.15, 0.2) is 24.3 Å². The second-order valence-electron chi connectivity index (χ2n) is 6.13. The maximum absolute atomic E-state index is 12.6. The fraction of sp³-hybridized carbons (Fsp3) is 0.611. The van der Waals surface area contributed by atoms with Crippen LogP contribution in [0.2, 0.25) is 0 Å². The van der Waals surface area contributed by atoms with Crippen LogP contribution in [-0.4, -0.2) is 23.9 Å². The third-order valence-electron chi connectivity index (χ3n) is 4.86. The number of aryl methyl sites for hydroxylation is 1. The summed E-state index contributed by atoms with van der Waals surface area (Å²) in [6.45, 7) is 8.50. The second kappa shape index (κ2) is 6.43. The SMILES string of the molecule is CCCC1(CC)CCN(C(=O)c2ccc(CC)cc2)C1. The number of carbonyl (C=O) groups is 1. The molecule has 0 spiro atoms. The maximum Gasteiger partial charge on any atom is 0.253 e. The van der Waals surface area contributed by atoms with Crippen LogP contribution in [0.4, 0.5) is 0 Å². The molecule has 0 saturated carbocycles. The first-order chi connectivity index (χ1) is 9.64. The van der Waals surface area contributed by atoms with Gasteiger partial charge in [0, 0.05) is 18.7 Å². The highest BCUT2D eigenvalue weighted by Crippen LogP contribution is 2.38. The first-order valence-electron chi connectivity index (χ1n) is 8.02. The summed E-state index contributed by atoms with van der Waals surface area (Å²) < 4.78 is 0. The van der Waals surface area contributed by atoms with E-state index >= 15 is 0 Å². The molecule has 0 N–H and O–H groups in total. The molecule has 1 aliphatic heterocycles. The van der Waals surface area contributed by atoms with Crippen LogP contribution >= 0.6 is 0 Å². The van der Waals surface area contributed by atoms with Crippen LogP contribution in [0.5, 0.6) is 0 Å². The van der Waals surface area contributed by atoms with Crippen LogP contribution in [0.3, 0.4) is 0 Å². The number of amides is 1. The molecule has 0 aliphatic carbocycles. The van der Waals surface area contributed by atoms with Crippen molar-refractivity contribution in [3.8, 4) is 0 Å². The van der Waals surface area contributed by atoms with Crippen molar-refractivity contribution in [3.63, 3.8) is 0 Å². The molecule has 1 atom stereocenters. The van der Waals surface area contributed by atoms with Gasteiger partial charge >= 0.3 is 0 Å². The summed E-state index contributed by atoms with van der Waals surface area (Å²) in [4.78, 5) is 14.6. The zero-order valence-corrected chi connectivity index (χ0v) is 13.1. The summed E-state index contributed by atoms with van der Waals surface area (Å²) in [5.41, 5.74) is 2.50. The molecule has 1 aromatic carbocycles. The molecule has 0 aromatic heterocycles. The number of nitrogens with zero attached hydrogens (tertiary/aromatic N) is 1. The highest BCUT2D eigenvalue weighted by Gasteiger charge is 2.37. The molecule has 0 radical (unpaired) electrons. The van der Waals surface area contributed by atoms with Gasteiger partial charge in [-0.15, -0.1) is 0 Å². The van der Waals surface area contributed by atoms with Crippen molar-refractivity contribution in [3.05, 3.63) is 35.4 Å². The molecule has 2 nitrogen and oxygen atoms in total. The van der Waals surface area contributed by atoms with Crippen molar-refractivity contribution < 1.29 is 4.79 Å². The summed E-state index contributed by atoms with van der Waals surface area (Å²) in [5.74, 6) is 0.207. The zero-order valence-electron chi connectivity index (χ0n) is 13.1. The summed E-state index contributed by atoms with van der Waals surface area (Å²) in [6.07, 6.45) is 5.81. The number of likely N-dealkylation sites (tertiary alicyclic amines) is 1. The smallest absolute Gasteiger partial charge is 0.253 e. The van der Waals surface area contributed by atoms with Crippen molar-refractivity contribution in [1.82, 2.24) is 4.90 Å². The van der Waals surface area contributed by atoms with Gasteiger partial charge in [0.15, 0.2) is 0 Å². The normalized spacial score (nSPS) is 22.2. The van der Waals surface area contributed by atoms with Gasteiger partial charge in [-0.1, -0.05) is 39.3 Å². The van der Waals surface area contributed by atoms with E-state index in [9.17, 15) is 4.79 Å². The minimum absolute atomic E-state index is 0.207. The average molecular weight is 273 g/mol. The Kier molecular flexibility index (Phi) is 4.85. The molecular formula is C18H27NO. The molecule has 2 heteroatoms. The highest BCUT2D eigenvalue weighted by molar-refractivity contribution is 5.94. The Morgan fingerprint density at radius 3 is 2.45 bits per heavy atom. The van der Waals surface area contributed by atoms with Gasteiger partial charge in [0.25, 0.3) is 5.91 Å². The summed E-state index contributed by atoms with van der Waals surface area (Å²) in [6, 6.07) is 8.10. The zero-order chi connectivity index (χ0) is 14.6. The Morgan fingerprint density at radius 1 is 1.20 bits per heavy atom. The van der Waals surface area contributed by atoms with Crippen LogP contribution < -0.4 is 0 Å². The van der Waals surface area contributed by atoms with E-state index in [4.69, 9.17) is 0 Å². The Balaban J connectivity index is 2.06. The van der Waals surface area contributed by atoms with Gasteiger partial charge in [0.05, 0.1) is 0 Å². The van der Waals surface area contributed by atoms with E-state index in [2.05, 4.69) is 37.8 Å². The average Bonchev–Trinajstić information content (AvgIpc) is 2.92. The molecule has 2 rings (SSSR count).